The van der Waals surface area contributed by atoms with Gasteiger partial charge in [0.1, 0.15) is 0 Å². The maximum Gasteiger partial charge on any atom is 0.240 e. The van der Waals surface area contributed by atoms with Gasteiger partial charge in [0.05, 0.1) is 6.54 Å². The molecule has 5 heteroatoms. The van der Waals surface area contributed by atoms with Gasteiger partial charge >= 0.3 is 0 Å². The summed E-state index contributed by atoms with van der Waals surface area (Å²) in [6, 6.07) is 9.03. The highest BCUT2D eigenvalue weighted by atomic mass is 79.9. The molecule has 0 saturated carbocycles. The van der Waals surface area contributed by atoms with E-state index < -0.39 is 0 Å². The topological polar surface area (TPSA) is 42.2 Å². The molecule has 1 aliphatic rings. The van der Waals surface area contributed by atoms with Crippen LogP contribution in [0.3, 0.4) is 0 Å². The molecule has 0 unspecified atom stereocenters. The average molecular weight is 322 g/mol. The van der Waals surface area contributed by atoms with E-state index in [1.54, 1.807) is 0 Å². The Labute approximate surface area is 120 Å². The molecule has 2 heterocycles. The first-order valence-electron chi connectivity index (χ1n) is 6.51. The molecule has 0 radical (unpaired) electrons. The summed E-state index contributed by atoms with van der Waals surface area (Å²) in [4.78, 5) is 6.70. The molecule has 0 bridgehead atoms. The standard InChI is InChI=1S/C14H16BrN3O/c1-10-16-14(19-17-10)9-18-8-2-3-13(18)11-4-6-12(15)7-5-11/h4-7,13H,2-3,8-9H2,1H3/t13-/m1/s1. The highest BCUT2D eigenvalue weighted by Gasteiger charge is 2.27. The van der Waals surface area contributed by atoms with Crippen LogP contribution in [0.15, 0.2) is 33.3 Å². The smallest absolute Gasteiger partial charge is 0.240 e. The minimum atomic E-state index is 0.459. The number of nitrogens with zero attached hydrogens (tertiary/aromatic N) is 3. The van der Waals surface area contributed by atoms with E-state index in [0.29, 0.717) is 17.8 Å². The molecule has 3 rings (SSSR count). The van der Waals surface area contributed by atoms with Crippen LogP contribution < -0.4 is 0 Å². The molecule has 1 saturated heterocycles. The van der Waals surface area contributed by atoms with Crippen LogP contribution in [0.25, 0.3) is 0 Å². The number of halogens is 1. The highest BCUT2D eigenvalue weighted by molar-refractivity contribution is 9.10. The summed E-state index contributed by atoms with van der Waals surface area (Å²) in [6.45, 7) is 3.67. The van der Waals surface area contributed by atoms with Crippen molar-refractivity contribution in [1.29, 1.82) is 0 Å². The largest absolute Gasteiger partial charge is 0.338 e. The van der Waals surface area contributed by atoms with E-state index in [1.165, 1.54) is 18.4 Å². The summed E-state index contributed by atoms with van der Waals surface area (Å²) in [5, 5.41) is 3.85. The fraction of sp³-hybridized carbons (Fsp3) is 0.429. The van der Waals surface area contributed by atoms with Gasteiger partial charge in [0, 0.05) is 10.5 Å². The third-order valence-corrected chi connectivity index (χ3v) is 4.06. The first-order valence-corrected chi connectivity index (χ1v) is 7.30. The quantitative estimate of drug-likeness (QED) is 0.868. The zero-order valence-corrected chi connectivity index (χ0v) is 12.4. The lowest BCUT2D eigenvalue weighted by molar-refractivity contribution is 0.212. The molecular weight excluding hydrogens is 306 g/mol. The van der Waals surface area contributed by atoms with Crippen molar-refractivity contribution < 1.29 is 4.52 Å². The SMILES string of the molecule is Cc1noc(CN2CCC[C@@H]2c2ccc(Br)cc2)n1. The molecule has 0 N–H and O–H groups in total. The molecule has 1 aliphatic heterocycles. The fourth-order valence-electron chi connectivity index (χ4n) is 2.66. The molecule has 1 atom stereocenters. The lowest BCUT2D eigenvalue weighted by atomic mass is 10.0. The summed E-state index contributed by atoms with van der Waals surface area (Å²) in [5.74, 6) is 1.41. The Morgan fingerprint density at radius 1 is 1.37 bits per heavy atom. The molecule has 2 aromatic rings. The number of hydrogen-bond donors (Lipinski definition) is 0. The maximum atomic E-state index is 5.22. The molecular formula is C14H16BrN3O. The number of rotatable bonds is 3. The van der Waals surface area contributed by atoms with Crippen LogP contribution in [0.2, 0.25) is 0 Å². The lowest BCUT2D eigenvalue weighted by Gasteiger charge is -2.23. The van der Waals surface area contributed by atoms with Crippen LogP contribution in [0.1, 0.15) is 36.2 Å². The van der Waals surface area contributed by atoms with Gasteiger partial charge in [-0.2, -0.15) is 4.98 Å². The first kappa shape index (κ1) is 12.8. The van der Waals surface area contributed by atoms with E-state index in [0.717, 1.165) is 17.6 Å². The Kier molecular flexibility index (Phi) is 3.66. The van der Waals surface area contributed by atoms with E-state index >= 15 is 0 Å². The van der Waals surface area contributed by atoms with Gasteiger partial charge in [-0.05, 0) is 44.0 Å². The van der Waals surface area contributed by atoms with Crippen LogP contribution >= 0.6 is 15.9 Å². The third-order valence-electron chi connectivity index (χ3n) is 3.53. The summed E-state index contributed by atoms with van der Waals surface area (Å²) in [5.41, 5.74) is 1.36. The Balaban J connectivity index is 1.76. The summed E-state index contributed by atoms with van der Waals surface area (Å²) < 4.78 is 6.34. The zero-order valence-electron chi connectivity index (χ0n) is 10.8. The number of benzene rings is 1. The van der Waals surface area contributed by atoms with Crippen molar-refractivity contribution in [1.82, 2.24) is 15.0 Å². The van der Waals surface area contributed by atoms with Crippen LogP contribution in [0.4, 0.5) is 0 Å². The van der Waals surface area contributed by atoms with Crippen molar-refractivity contribution in [2.24, 2.45) is 0 Å². The van der Waals surface area contributed by atoms with Crippen molar-refractivity contribution in [3.63, 3.8) is 0 Å². The van der Waals surface area contributed by atoms with Gasteiger partial charge in [0.15, 0.2) is 5.82 Å². The van der Waals surface area contributed by atoms with E-state index in [1.807, 2.05) is 6.92 Å². The van der Waals surface area contributed by atoms with Gasteiger partial charge in [-0.25, -0.2) is 0 Å². The van der Waals surface area contributed by atoms with Crippen molar-refractivity contribution in [3.8, 4) is 0 Å². The summed E-state index contributed by atoms with van der Waals surface area (Å²) in [7, 11) is 0. The molecule has 0 aliphatic carbocycles. The Morgan fingerprint density at radius 2 is 2.16 bits per heavy atom. The molecule has 0 amide bonds. The van der Waals surface area contributed by atoms with E-state index in [2.05, 4.69) is 55.2 Å². The maximum absolute atomic E-state index is 5.22. The highest BCUT2D eigenvalue weighted by Crippen LogP contribution is 2.33. The fourth-order valence-corrected chi connectivity index (χ4v) is 2.92. The molecule has 100 valence electrons. The molecule has 1 aromatic heterocycles. The van der Waals surface area contributed by atoms with Gasteiger partial charge in [-0.15, -0.1) is 0 Å². The van der Waals surface area contributed by atoms with Gasteiger partial charge in [-0.3, -0.25) is 4.90 Å². The van der Waals surface area contributed by atoms with Gasteiger partial charge in [0.25, 0.3) is 0 Å². The molecule has 1 fully saturated rings. The number of aryl methyl sites for hydroxylation is 1. The van der Waals surface area contributed by atoms with Crippen LogP contribution in [-0.2, 0) is 6.54 Å². The third kappa shape index (κ3) is 2.87. The van der Waals surface area contributed by atoms with Gasteiger partial charge < -0.3 is 4.52 Å². The van der Waals surface area contributed by atoms with E-state index in [-0.39, 0.29) is 0 Å². The second kappa shape index (κ2) is 5.43. The molecule has 4 nitrogen and oxygen atoms in total. The van der Waals surface area contributed by atoms with E-state index in [4.69, 9.17) is 4.52 Å². The second-order valence-corrected chi connectivity index (χ2v) is 5.83. The van der Waals surface area contributed by atoms with Crippen molar-refractivity contribution >= 4 is 15.9 Å². The summed E-state index contributed by atoms with van der Waals surface area (Å²) in [6.07, 6.45) is 2.41. The Hall–Kier alpha value is -1.20. The average Bonchev–Trinajstić information content (AvgIpc) is 3.00. The minimum Gasteiger partial charge on any atom is -0.338 e. The monoisotopic (exact) mass is 321 g/mol. The number of likely N-dealkylation sites (tertiary alicyclic amines) is 1. The van der Waals surface area contributed by atoms with E-state index in [9.17, 15) is 0 Å². The minimum absolute atomic E-state index is 0.459. The summed E-state index contributed by atoms with van der Waals surface area (Å²) >= 11 is 3.48. The van der Waals surface area contributed by atoms with Crippen LogP contribution in [0, 0.1) is 6.92 Å². The van der Waals surface area contributed by atoms with Crippen LogP contribution in [-0.4, -0.2) is 21.6 Å². The Bertz CT molecular complexity index is 552. The van der Waals surface area contributed by atoms with Crippen LogP contribution in [0.5, 0.6) is 0 Å². The van der Waals surface area contributed by atoms with Gasteiger partial charge in [0.2, 0.25) is 5.89 Å². The lowest BCUT2D eigenvalue weighted by Crippen LogP contribution is -2.22. The van der Waals surface area contributed by atoms with Crippen molar-refractivity contribution in [3.05, 3.63) is 46.0 Å². The molecule has 19 heavy (non-hydrogen) atoms. The Morgan fingerprint density at radius 3 is 2.84 bits per heavy atom. The van der Waals surface area contributed by atoms with Crippen molar-refractivity contribution in [2.45, 2.75) is 32.4 Å². The second-order valence-electron chi connectivity index (χ2n) is 4.92. The zero-order chi connectivity index (χ0) is 13.2. The predicted octanol–water partition coefficient (Wildman–Crippen LogP) is 3.48. The number of aromatic nitrogens is 2. The normalized spacial score (nSPS) is 20.0. The molecule has 0 spiro atoms. The van der Waals surface area contributed by atoms with Crippen molar-refractivity contribution in [2.75, 3.05) is 6.54 Å². The van der Waals surface area contributed by atoms with Gasteiger partial charge in [-0.1, -0.05) is 33.2 Å². The first-order chi connectivity index (χ1) is 9.22. The number of hydrogen-bond acceptors (Lipinski definition) is 4. The predicted molar refractivity (Wildman–Crippen MR) is 75.6 cm³/mol. The molecule has 1 aromatic carbocycles.